The normalized spacial score (nSPS) is 27.2. The standard InChI is InChI=1S/C10H16O2/c1-9-8-11-10(12-9)6-4-2-3-5-7-10/h8H,2-7H2,1H3. The topological polar surface area (TPSA) is 18.5 Å². The van der Waals surface area contributed by atoms with Crippen LogP contribution in [-0.2, 0) is 9.47 Å². The van der Waals surface area contributed by atoms with E-state index in [1.807, 2.05) is 6.92 Å². The van der Waals surface area contributed by atoms with Crippen molar-refractivity contribution in [2.24, 2.45) is 0 Å². The predicted molar refractivity (Wildman–Crippen MR) is 46.4 cm³/mol. The Morgan fingerprint density at radius 3 is 2.33 bits per heavy atom. The average Bonchev–Trinajstić information content (AvgIpc) is 2.30. The molecule has 2 rings (SSSR count). The molecule has 1 spiro atoms. The first kappa shape index (κ1) is 7.96. The van der Waals surface area contributed by atoms with Crippen molar-refractivity contribution in [2.45, 2.75) is 51.2 Å². The zero-order valence-corrected chi connectivity index (χ0v) is 7.64. The maximum atomic E-state index is 5.71. The Labute approximate surface area is 73.5 Å². The molecule has 0 aromatic heterocycles. The summed E-state index contributed by atoms with van der Waals surface area (Å²) >= 11 is 0. The summed E-state index contributed by atoms with van der Waals surface area (Å²) in [4.78, 5) is 0. The van der Waals surface area contributed by atoms with E-state index in [9.17, 15) is 0 Å². The number of hydrogen-bond donors (Lipinski definition) is 0. The van der Waals surface area contributed by atoms with Crippen molar-refractivity contribution in [3.8, 4) is 0 Å². The van der Waals surface area contributed by atoms with Gasteiger partial charge in [-0.25, -0.2) is 0 Å². The van der Waals surface area contributed by atoms with Crippen molar-refractivity contribution in [3.05, 3.63) is 12.0 Å². The van der Waals surface area contributed by atoms with Gasteiger partial charge in [0.2, 0.25) is 5.79 Å². The molecule has 1 aliphatic heterocycles. The molecule has 1 aliphatic carbocycles. The first-order valence-electron chi connectivity index (χ1n) is 4.84. The van der Waals surface area contributed by atoms with Gasteiger partial charge < -0.3 is 9.47 Å². The smallest absolute Gasteiger partial charge is 0.250 e. The minimum atomic E-state index is -0.263. The van der Waals surface area contributed by atoms with Gasteiger partial charge in [0.05, 0.1) is 0 Å². The fourth-order valence-electron chi connectivity index (χ4n) is 2.02. The molecule has 0 aromatic carbocycles. The maximum absolute atomic E-state index is 5.71. The Kier molecular flexibility index (Phi) is 1.99. The van der Waals surface area contributed by atoms with Crippen molar-refractivity contribution in [1.82, 2.24) is 0 Å². The molecule has 0 radical (unpaired) electrons. The molecule has 0 bridgehead atoms. The Balaban J connectivity index is 2.01. The Morgan fingerprint density at radius 1 is 1.17 bits per heavy atom. The molecular formula is C10H16O2. The van der Waals surface area contributed by atoms with Gasteiger partial charge in [0.25, 0.3) is 0 Å². The Morgan fingerprint density at radius 2 is 1.83 bits per heavy atom. The molecule has 2 heteroatoms. The fourth-order valence-corrected chi connectivity index (χ4v) is 2.02. The highest BCUT2D eigenvalue weighted by molar-refractivity contribution is 4.94. The van der Waals surface area contributed by atoms with Crippen molar-refractivity contribution < 1.29 is 9.47 Å². The van der Waals surface area contributed by atoms with Crippen LogP contribution in [0.5, 0.6) is 0 Å². The van der Waals surface area contributed by atoms with E-state index in [1.54, 1.807) is 6.26 Å². The van der Waals surface area contributed by atoms with Gasteiger partial charge >= 0.3 is 0 Å². The van der Waals surface area contributed by atoms with Crippen molar-refractivity contribution in [2.75, 3.05) is 0 Å². The lowest BCUT2D eigenvalue weighted by Gasteiger charge is -2.26. The summed E-state index contributed by atoms with van der Waals surface area (Å²) in [6, 6.07) is 0. The quantitative estimate of drug-likeness (QED) is 0.553. The highest BCUT2D eigenvalue weighted by Gasteiger charge is 2.37. The Bertz CT molecular complexity index is 188. The molecule has 0 saturated heterocycles. The number of rotatable bonds is 0. The SMILES string of the molecule is CC1=COC2(CCCCCC2)O1. The van der Waals surface area contributed by atoms with Gasteiger partial charge in [0, 0.05) is 12.8 Å². The van der Waals surface area contributed by atoms with Gasteiger partial charge in [0.1, 0.15) is 12.0 Å². The van der Waals surface area contributed by atoms with Crippen LogP contribution in [0.2, 0.25) is 0 Å². The molecule has 1 saturated carbocycles. The molecular weight excluding hydrogens is 152 g/mol. The zero-order valence-electron chi connectivity index (χ0n) is 7.64. The zero-order chi connectivity index (χ0) is 8.44. The van der Waals surface area contributed by atoms with Gasteiger partial charge in [-0.3, -0.25) is 0 Å². The van der Waals surface area contributed by atoms with E-state index in [4.69, 9.17) is 9.47 Å². The van der Waals surface area contributed by atoms with Gasteiger partial charge in [0.15, 0.2) is 0 Å². The van der Waals surface area contributed by atoms with Crippen LogP contribution in [0.4, 0.5) is 0 Å². The van der Waals surface area contributed by atoms with Gasteiger partial charge in [-0.1, -0.05) is 12.8 Å². The van der Waals surface area contributed by atoms with Gasteiger partial charge in [-0.2, -0.15) is 0 Å². The van der Waals surface area contributed by atoms with Crippen molar-refractivity contribution in [3.63, 3.8) is 0 Å². The van der Waals surface area contributed by atoms with Crippen molar-refractivity contribution in [1.29, 1.82) is 0 Å². The van der Waals surface area contributed by atoms with E-state index in [1.165, 1.54) is 25.7 Å². The van der Waals surface area contributed by atoms with Gasteiger partial charge in [-0.15, -0.1) is 0 Å². The summed E-state index contributed by atoms with van der Waals surface area (Å²) < 4.78 is 11.3. The largest absolute Gasteiger partial charge is 0.456 e. The molecule has 0 aromatic rings. The van der Waals surface area contributed by atoms with Crippen molar-refractivity contribution >= 4 is 0 Å². The van der Waals surface area contributed by atoms with E-state index in [2.05, 4.69) is 0 Å². The van der Waals surface area contributed by atoms with Crippen LogP contribution in [0.3, 0.4) is 0 Å². The lowest BCUT2D eigenvalue weighted by atomic mass is 10.1. The highest BCUT2D eigenvalue weighted by Crippen LogP contribution is 2.37. The van der Waals surface area contributed by atoms with Crippen LogP contribution < -0.4 is 0 Å². The van der Waals surface area contributed by atoms with E-state index in [-0.39, 0.29) is 5.79 Å². The first-order valence-corrected chi connectivity index (χ1v) is 4.84. The number of allylic oxidation sites excluding steroid dienone is 1. The van der Waals surface area contributed by atoms with Crippen LogP contribution in [0, 0.1) is 0 Å². The minimum Gasteiger partial charge on any atom is -0.456 e. The van der Waals surface area contributed by atoms with E-state index in [0.29, 0.717) is 0 Å². The summed E-state index contributed by atoms with van der Waals surface area (Å²) in [5, 5.41) is 0. The van der Waals surface area contributed by atoms with E-state index >= 15 is 0 Å². The summed E-state index contributed by atoms with van der Waals surface area (Å²) in [6.45, 7) is 1.96. The van der Waals surface area contributed by atoms with Crippen LogP contribution >= 0.6 is 0 Å². The van der Waals surface area contributed by atoms with Crippen LogP contribution in [0.15, 0.2) is 12.0 Å². The first-order chi connectivity index (χ1) is 5.81. The second-order valence-corrected chi connectivity index (χ2v) is 3.77. The molecule has 2 nitrogen and oxygen atoms in total. The molecule has 0 N–H and O–H groups in total. The monoisotopic (exact) mass is 168 g/mol. The third kappa shape index (κ3) is 1.43. The summed E-state index contributed by atoms with van der Waals surface area (Å²) in [5.74, 6) is 0.664. The molecule has 1 fully saturated rings. The summed E-state index contributed by atoms with van der Waals surface area (Å²) in [6.07, 6.45) is 9.00. The third-order valence-electron chi connectivity index (χ3n) is 2.65. The second-order valence-electron chi connectivity index (χ2n) is 3.77. The van der Waals surface area contributed by atoms with E-state index in [0.717, 1.165) is 18.6 Å². The van der Waals surface area contributed by atoms with Crippen LogP contribution in [0.1, 0.15) is 45.4 Å². The lowest BCUT2D eigenvalue weighted by Crippen LogP contribution is -2.29. The molecule has 0 atom stereocenters. The minimum absolute atomic E-state index is 0.263. The highest BCUT2D eigenvalue weighted by atomic mass is 16.7. The maximum Gasteiger partial charge on any atom is 0.250 e. The molecule has 2 aliphatic rings. The molecule has 1 heterocycles. The van der Waals surface area contributed by atoms with Crippen LogP contribution in [-0.4, -0.2) is 5.79 Å². The third-order valence-corrected chi connectivity index (χ3v) is 2.65. The number of ether oxygens (including phenoxy) is 2. The molecule has 0 unspecified atom stereocenters. The number of hydrogen-bond acceptors (Lipinski definition) is 2. The summed E-state index contributed by atoms with van der Waals surface area (Å²) in [5.41, 5.74) is 0. The Hall–Kier alpha value is -0.660. The molecule has 68 valence electrons. The predicted octanol–water partition coefficient (Wildman–Crippen LogP) is 2.95. The molecule has 0 amide bonds. The van der Waals surface area contributed by atoms with E-state index < -0.39 is 0 Å². The molecule has 12 heavy (non-hydrogen) atoms. The second kappa shape index (κ2) is 3.00. The lowest BCUT2D eigenvalue weighted by molar-refractivity contribution is -0.156. The average molecular weight is 168 g/mol. The van der Waals surface area contributed by atoms with Crippen LogP contribution in [0.25, 0.3) is 0 Å². The van der Waals surface area contributed by atoms with Gasteiger partial charge in [-0.05, 0) is 19.8 Å². The fraction of sp³-hybridized carbons (Fsp3) is 0.800. The summed E-state index contributed by atoms with van der Waals surface area (Å²) in [7, 11) is 0.